The molecule has 0 bridgehead atoms. The third kappa shape index (κ3) is 1.57. The quantitative estimate of drug-likeness (QED) is 0.579. The van der Waals surface area contributed by atoms with Crippen LogP contribution in [0.5, 0.6) is 0 Å². The lowest BCUT2D eigenvalue weighted by Crippen LogP contribution is -2.17. The first-order valence-corrected chi connectivity index (χ1v) is 4.59. The van der Waals surface area contributed by atoms with E-state index >= 15 is 0 Å². The van der Waals surface area contributed by atoms with E-state index in [0.29, 0.717) is 12.1 Å². The molecule has 1 aromatic rings. The second kappa shape index (κ2) is 3.44. The lowest BCUT2D eigenvalue weighted by molar-refractivity contribution is 0.0129. The van der Waals surface area contributed by atoms with Gasteiger partial charge in [0.15, 0.2) is 0 Å². The van der Waals surface area contributed by atoms with Gasteiger partial charge in [0.25, 0.3) is 0 Å². The molecule has 0 radical (unpaired) electrons. The fourth-order valence-corrected chi connectivity index (χ4v) is 1.77. The van der Waals surface area contributed by atoms with Crippen LogP contribution >= 0.6 is 0 Å². The molecule has 0 aliphatic heterocycles. The predicted octanol–water partition coefficient (Wildman–Crippen LogP) is 0.812. The molecule has 2 rings (SSSR count). The largest absolute Gasteiger partial charge is 0.390 e. The number of rotatable bonds is 0. The zero-order valence-corrected chi connectivity index (χ0v) is 7.35. The van der Waals surface area contributed by atoms with Gasteiger partial charge in [-0.3, -0.25) is 4.98 Å². The highest BCUT2D eigenvalue weighted by atomic mass is 16.3. The van der Waals surface area contributed by atoms with Crippen LogP contribution in [0.25, 0.3) is 0 Å². The van der Waals surface area contributed by atoms with Gasteiger partial charge in [0.2, 0.25) is 0 Å². The molecular formula is C10H13NO2. The van der Waals surface area contributed by atoms with E-state index < -0.39 is 12.2 Å². The lowest BCUT2D eigenvalue weighted by atomic mass is 10.1. The third-order valence-corrected chi connectivity index (χ3v) is 2.52. The number of fused-ring (bicyclic) bond motifs is 1. The number of hydrogen-bond donors (Lipinski definition) is 2. The molecule has 0 saturated heterocycles. The number of aromatic nitrogens is 1. The molecule has 0 aromatic carbocycles. The molecule has 0 spiro atoms. The van der Waals surface area contributed by atoms with Gasteiger partial charge in [-0.2, -0.15) is 0 Å². The Morgan fingerprint density at radius 1 is 1.38 bits per heavy atom. The number of pyridine rings is 1. The fourth-order valence-electron chi connectivity index (χ4n) is 1.77. The summed E-state index contributed by atoms with van der Waals surface area (Å²) in [6.07, 6.45) is 2.65. The van der Waals surface area contributed by atoms with E-state index in [9.17, 15) is 10.2 Å². The summed E-state index contributed by atoms with van der Waals surface area (Å²) in [6.45, 7) is 0. The Morgan fingerprint density at radius 3 is 3.08 bits per heavy atom. The zero-order chi connectivity index (χ0) is 9.26. The van der Waals surface area contributed by atoms with Gasteiger partial charge < -0.3 is 10.2 Å². The van der Waals surface area contributed by atoms with Crippen molar-refractivity contribution in [1.82, 2.24) is 4.98 Å². The molecule has 13 heavy (non-hydrogen) atoms. The predicted molar refractivity (Wildman–Crippen MR) is 48.1 cm³/mol. The first-order chi connectivity index (χ1) is 6.29. The molecule has 1 aliphatic carbocycles. The molecule has 3 nitrogen and oxygen atoms in total. The second-order valence-electron chi connectivity index (χ2n) is 3.45. The highest BCUT2D eigenvalue weighted by Crippen LogP contribution is 2.26. The van der Waals surface area contributed by atoms with Crippen LogP contribution in [-0.2, 0) is 6.42 Å². The Hall–Kier alpha value is -0.930. The Labute approximate surface area is 77.1 Å². The maximum atomic E-state index is 9.70. The van der Waals surface area contributed by atoms with Crippen molar-refractivity contribution in [2.24, 2.45) is 0 Å². The van der Waals surface area contributed by atoms with Gasteiger partial charge in [-0.05, 0) is 30.9 Å². The SMILES string of the molecule is O[C@@H]1CCCc2cccnc2[C@@H]1O. The smallest absolute Gasteiger partial charge is 0.122 e. The molecule has 1 aliphatic rings. The first kappa shape index (κ1) is 8.66. The number of aryl methyl sites for hydroxylation is 1. The molecule has 2 N–H and O–H groups in total. The molecule has 2 atom stereocenters. The van der Waals surface area contributed by atoms with E-state index in [0.717, 1.165) is 18.4 Å². The first-order valence-electron chi connectivity index (χ1n) is 4.59. The van der Waals surface area contributed by atoms with E-state index in [-0.39, 0.29) is 0 Å². The Bertz CT molecular complexity index is 301. The molecule has 0 saturated carbocycles. The van der Waals surface area contributed by atoms with Crippen LogP contribution in [0.2, 0.25) is 0 Å². The molecular weight excluding hydrogens is 166 g/mol. The standard InChI is InChI=1S/C10H13NO2/c12-8-5-1-3-7-4-2-6-11-9(7)10(8)13/h2,4,6,8,10,12-13H,1,3,5H2/t8-,10-/m1/s1. The van der Waals surface area contributed by atoms with Crippen molar-refractivity contribution in [3.05, 3.63) is 29.6 Å². The molecule has 0 amide bonds. The van der Waals surface area contributed by atoms with Crippen molar-refractivity contribution in [1.29, 1.82) is 0 Å². The average Bonchev–Trinajstić information content (AvgIpc) is 2.29. The summed E-state index contributed by atoms with van der Waals surface area (Å²) in [5, 5.41) is 19.2. The summed E-state index contributed by atoms with van der Waals surface area (Å²) >= 11 is 0. The van der Waals surface area contributed by atoms with Gasteiger partial charge in [-0.15, -0.1) is 0 Å². The van der Waals surface area contributed by atoms with Crippen molar-refractivity contribution in [2.45, 2.75) is 31.5 Å². The second-order valence-corrected chi connectivity index (χ2v) is 3.45. The molecule has 70 valence electrons. The van der Waals surface area contributed by atoms with Crippen molar-refractivity contribution < 1.29 is 10.2 Å². The third-order valence-electron chi connectivity index (χ3n) is 2.52. The molecule has 1 aromatic heterocycles. The number of hydrogen-bond acceptors (Lipinski definition) is 3. The zero-order valence-electron chi connectivity index (χ0n) is 7.35. The monoisotopic (exact) mass is 179 g/mol. The van der Waals surface area contributed by atoms with Gasteiger partial charge in [0, 0.05) is 6.20 Å². The van der Waals surface area contributed by atoms with Crippen LogP contribution < -0.4 is 0 Å². The normalized spacial score (nSPS) is 27.8. The summed E-state index contributed by atoms with van der Waals surface area (Å²) in [6, 6.07) is 3.83. The maximum Gasteiger partial charge on any atom is 0.122 e. The Morgan fingerprint density at radius 2 is 2.23 bits per heavy atom. The number of aliphatic hydroxyl groups is 2. The minimum absolute atomic E-state index is 0.646. The summed E-state index contributed by atoms with van der Waals surface area (Å²) in [4.78, 5) is 4.10. The van der Waals surface area contributed by atoms with Crippen LogP contribution in [0, 0.1) is 0 Å². The summed E-state index contributed by atoms with van der Waals surface area (Å²) in [5.74, 6) is 0. The number of aliphatic hydroxyl groups excluding tert-OH is 2. The van der Waals surface area contributed by atoms with Crippen molar-refractivity contribution >= 4 is 0 Å². The molecule has 0 unspecified atom stereocenters. The average molecular weight is 179 g/mol. The lowest BCUT2D eigenvalue weighted by Gasteiger charge is -2.14. The maximum absolute atomic E-state index is 9.70. The van der Waals surface area contributed by atoms with Crippen molar-refractivity contribution in [3.63, 3.8) is 0 Å². The molecule has 1 heterocycles. The van der Waals surface area contributed by atoms with Crippen LogP contribution in [0.15, 0.2) is 18.3 Å². The minimum atomic E-state index is -0.807. The van der Waals surface area contributed by atoms with E-state index in [1.54, 1.807) is 6.20 Å². The molecule has 0 fully saturated rings. The van der Waals surface area contributed by atoms with Crippen molar-refractivity contribution in [2.75, 3.05) is 0 Å². The van der Waals surface area contributed by atoms with E-state index in [1.165, 1.54) is 0 Å². The summed E-state index contributed by atoms with van der Waals surface area (Å²) in [7, 11) is 0. The fraction of sp³-hybridized carbons (Fsp3) is 0.500. The van der Waals surface area contributed by atoms with Crippen LogP contribution in [0.4, 0.5) is 0 Å². The Balaban J connectivity index is 2.40. The van der Waals surface area contributed by atoms with E-state index in [2.05, 4.69) is 4.98 Å². The Kier molecular flexibility index (Phi) is 2.29. The van der Waals surface area contributed by atoms with Crippen LogP contribution in [-0.4, -0.2) is 21.3 Å². The van der Waals surface area contributed by atoms with Gasteiger partial charge in [0.05, 0.1) is 11.8 Å². The van der Waals surface area contributed by atoms with E-state index in [1.807, 2.05) is 12.1 Å². The summed E-state index contributed by atoms with van der Waals surface area (Å²) < 4.78 is 0. The van der Waals surface area contributed by atoms with Crippen molar-refractivity contribution in [3.8, 4) is 0 Å². The van der Waals surface area contributed by atoms with Gasteiger partial charge in [0.1, 0.15) is 6.10 Å². The van der Waals surface area contributed by atoms with Gasteiger partial charge in [-0.25, -0.2) is 0 Å². The summed E-state index contributed by atoms with van der Waals surface area (Å²) in [5.41, 5.74) is 1.71. The minimum Gasteiger partial charge on any atom is -0.390 e. The van der Waals surface area contributed by atoms with Gasteiger partial charge >= 0.3 is 0 Å². The van der Waals surface area contributed by atoms with E-state index in [4.69, 9.17) is 0 Å². The highest BCUT2D eigenvalue weighted by molar-refractivity contribution is 5.23. The molecule has 3 heteroatoms. The van der Waals surface area contributed by atoms with Crippen LogP contribution in [0.1, 0.15) is 30.2 Å². The van der Waals surface area contributed by atoms with Crippen LogP contribution in [0.3, 0.4) is 0 Å². The van der Waals surface area contributed by atoms with Gasteiger partial charge in [-0.1, -0.05) is 6.07 Å². The topological polar surface area (TPSA) is 53.4 Å². The number of nitrogens with zero attached hydrogens (tertiary/aromatic N) is 1. The highest BCUT2D eigenvalue weighted by Gasteiger charge is 2.24.